The second kappa shape index (κ2) is 7.67. The number of carbonyl (C=O) groups excluding carboxylic acids is 1. The minimum Gasteiger partial charge on any atom is -0.481 e. The molecule has 0 saturated carbocycles. The van der Waals surface area contributed by atoms with Gasteiger partial charge in [0.2, 0.25) is 0 Å². The molecule has 0 radical (unpaired) electrons. The lowest BCUT2D eigenvalue weighted by Crippen LogP contribution is -2.46. The van der Waals surface area contributed by atoms with E-state index in [2.05, 4.69) is 17.6 Å². The average Bonchev–Trinajstić information content (AvgIpc) is 2.35. The Hall–Kier alpha value is -2.04. The molecule has 3 N–H and O–H groups in total. The molecule has 0 fully saturated rings. The molecule has 0 aromatic heterocycles. The number of hydrogen-bond acceptors (Lipinski definition) is 2. The van der Waals surface area contributed by atoms with Crippen molar-refractivity contribution in [2.45, 2.75) is 52.0 Å². The van der Waals surface area contributed by atoms with Crippen molar-refractivity contribution < 1.29 is 14.7 Å². The van der Waals surface area contributed by atoms with Crippen molar-refractivity contribution in [1.29, 1.82) is 0 Å². The van der Waals surface area contributed by atoms with E-state index in [1.807, 2.05) is 24.3 Å². The van der Waals surface area contributed by atoms with Gasteiger partial charge in [-0.3, -0.25) is 4.79 Å². The van der Waals surface area contributed by atoms with Crippen LogP contribution in [0.1, 0.15) is 45.6 Å². The monoisotopic (exact) mass is 292 g/mol. The number of nitrogens with one attached hydrogen (secondary N) is 2. The van der Waals surface area contributed by atoms with Crippen molar-refractivity contribution >= 4 is 17.7 Å². The van der Waals surface area contributed by atoms with Crippen LogP contribution in [0.2, 0.25) is 0 Å². The maximum Gasteiger partial charge on any atom is 0.319 e. The van der Waals surface area contributed by atoms with Crippen LogP contribution in [0.25, 0.3) is 0 Å². The number of rotatable bonds is 7. The summed E-state index contributed by atoms with van der Waals surface area (Å²) in [7, 11) is 0. The number of carboxylic acids is 1. The van der Waals surface area contributed by atoms with Gasteiger partial charge < -0.3 is 15.7 Å². The number of aryl methyl sites for hydroxylation is 1. The van der Waals surface area contributed by atoms with Crippen molar-refractivity contribution in [2.75, 3.05) is 5.32 Å². The predicted molar refractivity (Wildman–Crippen MR) is 83.5 cm³/mol. The van der Waals surface area contributed by atoms with Crippen LogP contribution in [0.3, 0.4) is 0 Å². The molecule has 0 atom stereocenters. The van der Waals surface area contributed by atoms with Crippen molar-refractivity contribution in [3.05, 3.63) is 29.8 Å². The van der Waals surface area contributed by atoms with E-state index in [4.69, 9.17) is 5.11 Å². The van der Waals surface area contributed by atoms with Crippen molar-refractivity contribution in [1.82, 2.24) is 5.32 Å². The first-order chi connectivity index (χ1) is 9.82. The number of carboxylic acid groups (broad SMARTS) is 1. The highest BCUT2D eigenvalue weighted by Gasteiger charge is 2.23. The molecule has 5 heteroatoms. The van der Waals surface area contributed by atoms with Crippen LogP contribution in [-0.4, -0.2) is 22.6 Å². The highest BCUT2D eigenvalue weighted by Crippen LogP contribution is 2.13. The van der Waals surface area contributed by atoms with Gasteiger partial charge in [-0.2, -0.15) is 0 Å². The molecular formula is C16H24N2O3. The average molecular weight is 292 g/mol. The minimum atomic E-state index is -0.944. The molecule has 0 aliphatic rings. The summed E-state index contributed by atoms with van der Waals surface area (Å²) < 4.78 is 0. The number of aliphatic carboxylic acids is 1. The molecule has 1 aromatic carbocycles. The Morgan fingerprint density at radius 1 is 1.19 bits per heavy atom. The molecule has 0 aliphatic carbocycles. The van der Waals surface area contributed by atoms with Gasteiger partial charge in [0, 0.05) is 11.2 Å². The van der Waals surface area contributed by atoms with Crippen molar-refractivity contribution in [3.8, 4) is 0 Å². The summed E-state index contributed by atoms with van der Waals surface area (Å²) in [6.07, 6.45) is 3.21. The van der Waals surface area contributed by atoms with E-state index in [9.17, 15) is 9.59 Å². The van der Waals surface area contributed by atoms with E-state index >= 15 is 0 Å². The zero-order valence-electron chi connectivity index (χ0n) is 12.9. The second-order valence-corrected chi connectivity index (χ2v) is 5.83. The number of urea groups is 1. The number of benzene rings is 1. The van der Waals surface area contributed by atoms with Crippen LogP contribution in [0.5, 0.6) is 0 Å². The van der Waals surface area contributed by atoms with E-state index in [1.165, 1.54) is 5.56 Å². The summed E-state index contributed by atoms with van der Waals surface area (Å²) in [6.45, 7) is 5.50. The molecule has 0 heterocycles. The molecule has 0 bridgehead atoms. The first-order valence-corrected chi connectivity index (χ1v) is 7.22. The van der Waals surface area contributed by atoms with Gasteiger partial charge in [0.1, 0.15) is 0 Å². The summed E-state index contributed by atoms with van der Waals surface area (Å²) in [5.74, 6) is -0.944. The van der Waals surface area contributed by atoms with Gasteiger partial charge >= 0.3 is 12.0 Å². The summed E-state index contributed by atoms with van der Waals surface area (Å²) in [5, 5.41) is 14.1. The van der Waals surface area contributed by atoms with Gasteiger partial charge in [-0.25, -0.2) is 4.79 Å². The van der Waals surface area contributed by atoms with Crippen LogP contribution in [-0.2, 0) is 11.2 Å². The summed E-state index contributed by atoms with van der Waals surface area (Å²) in [5.41, 5.74) is 1.14. The molecule has 0 unspecified atom stereocenters. The Morgan fingerprint density at radius 3 is 2.33 bits per heavy atom. The third kappa shape index (κ3) is 6.79. The van der Waals surface area contributed by atoms with Crippen molar-refractivity contribution in [3.63, 3.8) is 0 Å². The van der Waals surface area contributed by atoms with E-state index in [-0.39, 0.29) is 6.42 Å². The smallest absolute Gasteiger partial charge is 0.319 e. The highest BCUT2D eigenvalue weighted by atomic mass is 16.4. The van der Waals surface area contributed by atoms with Crippen LogP contribution < -0.4 is 10.6 Å². The van der Waals surface area contributed by atoms with Crippen LogP contribution in [0.4, 0.5) is 10.5 Å². The standard InChI is InChI=1S/C16H24N2O3/c1-4-5-6-12-7-9-13(10-8-12)17-15(21)18-16(2,3)11-14(19)20/h7-10H,4-6,11H2,1-3H3,(H,19,20)(H2,17,18,21). The molecule has 5 nitrogen and oxygen atoms in total. The number of hydrogen-bond donors (Lipinski definition) is 3. The number of carbonyl (C=O) groups is 2. The largest absolute Gasteiger partial charge is 0.481 e. The lowest BCUT2D eigenvalue weighted by atomic mass is 10.0. The molecular weight excluding hydrogens is 268 g/mol. The normalized spacial score (nSPS) is 11.0. The molecule has 1 aromatic rings. The summed E-state index contributed by atoms with van der Waals surface area (Å²) in [4.78, 5) is 22.6. The van der Waals surface area contributed by atoms with Gasteiger partial charge in [-0.05, 0) is 44.4 Å². The van der Waals surface area contributed by atoms with Gasteiger partial charge in [-0.15, -0.1) is 0 Å². The lowest BCUT2D eigenvalue weighted by molar-refractivity contribution is -0.138. The predicted octanol–water partition coefficient (Wildman–Crippen LogP) is 3.40. The van der Waals surface area contributed by atoms with E-state index in [0.29, 0.717) is 5.69 Å². The van der Waals surface area contributed by atoms with Crippen LogP contribution in [0.15, 0.2) is 24.3 Å². The van der Waals surface area contributed by atoms with E-state index < -0.39 is 17.5 Å². The Morgan fingerprint density at radius 2 is 1.81 bits per heavy atom. The summed E-state index contributed by atoms with van der Waals surface area (Å²) >= 11 is 0. The fraction of sp³-hybridized carbons (Fsp3) is 0.500. The third-order valence-electron chi connectivity index (χ3n) is 3.08. The quantitative estimate of drug-likeness (QED) is 0.720. The molecule has 1 rings (SSSR count). The Bertz CT molecular complexity index is 481. The SMILES string of the molecule is CCCCc1ccc(NC(=O)NC(C)(C)CC(=O)O)cc1. The highest BCUT2D eigenvalue weighted by molar-refractivity contribution is 5.90. The maximum atomic E-state index is 11.9. The first-order valence-electron chi connectivity index (χ1n) is 7.22. The minimum absolute atomic E-state index is 0.129. The molecule has 2 amide bonds. The topological polar surface area (TPSA) is 78.4 Å². The Balaban J connectivity index is 2.52. The van der Waals surface area contributed by atoms with Gasteiger partial charge in [-0.1, -0.05) is 25.5 Å². The third-order valence-corrected chi connectivity index (χ3v) is 3.08. The fourth-order valence-electron chi connectivity index (χ4n) is 2.03. The van der Waals surface area contributed by atoms with Gasteiger partial charge in [0.05, 0.1) is 6.42 Å². The van der Waals surface area contributed by atoms with Crippen LogP contribution >= 0.6 is 0 Å². The molecule has 116 valence electrons. The number of unbranched alkanes of at least 4 members (excludes halogenated alkanes) is 1. The molecule has 0 aliphatic heterocycles. The maximum absolute atomic E-state index is 11.9. The Labute approximate surface area is 125 Å². The molecule has 21 heavy (non-hydrogen) atoms. The second-order valence-electron chi connectivity index (χ2n) is 5.83. The lowest BCUT2D eigenvalue weighted by Gasteiger charge is -2.24. The zero-order chi connectivity index (χ0) is 15.9. The Kier molecular flexibility index (Phi) is 6.21. The summed E-state index contributed by atoms with van der Waals surface area (Å²) in [6, 6.07) is 7.30. The molecule has 0 spiro atoms. The van der Waals surface area contributed by atoms with Crippen LogP contribution in [0, 0.1) is 0 Å². The first kappa shape index (κ1) is 17.0. The van der Waals surface area contributed by atoms with Crippen molar-refractivity contribution in [2.24, 2.45) is 0 Å². The molecule has 0 saturated heterocycles. The fourth-order valence-corrected chi connectivity index (χ4v) is 2.03. The number of anilines is 1. The van der Waals surface area contributed by atoms with E-state index in [1.54, 1.807) is 13.8 Å². The van der Waals surface area contributed by atoms with Gasteiger partial charge in [0.25, 0.3) is 0 Å². The van der Waals surface area contributed by atoms with Gasteiger partial charge in [0.15, 0.2) is 0 Å². The number of amides is 2. The zero-order valence-corrected chi connectivity index (χ0v) is 12.9. The van der Waals surface area contributed by atoms with E-state index in [0.717, 1.165) is 19.3 Å².